The van der Waals surface area contributed by atoms with Crippen molar-refractivity contribution in [3.63, 3.8) is 0 Å². The van der Waals surface area contributed by atoms with E-state index < -0.39 is 0 Å². The van der Waals surface area contributed by atoms with Crippen LogP contribution in [-0.2, 0) is 6.42 Å². The highest BCUT2D eigenvalue weighted by atomic mass is 16.5. The Kier molecular flexibility index (Phi) is 4.12. The van der Waals surface area contributed by atoms with E-state index in [1.807, 2.05) is 37.4 Å². The molecule has 94 valence electrons. The zero-order valence-corrected chi connectivity index (χ0v) is 10.7. The molecule has 1 aromatic carbocycles. The summed E-state index contributed by atoms with van der Waals surface area (Å²) in [5.74, 6) is 1.36. The van der Waals surface area contributed by atoms with E-state index in [1.54, 1.807) is 6.33 Å². The fourth-order valence-electron chi connectivity index (χ4n) is 1.64. The molecule has 0 saturated carbocycles. The van der Waals surface area contributed by atoms with Gasteiger partial charge < -0.3 is 10.1 Å². The highest BCUT2D eigenvalue weighted by Crippen LogP contribution is 2.21. The minimum Gasteiger partial charge on any atom is -0.439 e. The topological polar surface area (TPSA) is 47.0 Å². The number of ether oxygens (including phenoxy) is 1. The Balaban J connectivity index is 2.09. The van der Waals surface area contributed by atoms with Crippen LogP contribution in [0.15, 0.2) is 36.7 Å². The van der Waals surface area contributed by atoms with E-state index in [4.69, 9.17) is 4.74 Å². The van der Waals surface area contributed by atoms with E-state index in [1.165, 1.54) is 0 Å². The first-order valence-corrected chi connectivity index (χ1v) is 6.08. The first kappa shape index (κ1) is 12.4. The Morgan fingerprint density at radius 1 is 1.17 bits per heavy atom. The van der Waals surface area contributed by atoms with E-state index >= 15 is 0 Å². The van der Waals surface area contributed by atoms with Crippen molar-refractivity contribution in [3.8, 4) is 11.6 Å². The van der Waals surface area contributed by atoms with Crippen molar-refractivity contribution in [1.82, 2.24) is 9.97 Å². The van der Waals surface area contributed by atoms with Gasteiger partial charge in [0.2, 0.25) is 5.88 Å². The fraction of sp³-hybridized carbons (Fsp3) is 0.286. The van der Waals surface area contributed by atoms with Gasteiger partial charge in [0.15, 0.2) is 0 Å². The van der Waals surface area contributed by atoms with Crippen molar-refractivity contribution in [2.24, 2.45) is 0 Å². The summed E-state index contributed by atoms with van der Waals surface area (Å²) in [7, 11) is 1.89. The molecule has 4 nitrogen and oxygen atoms in total. The van der Waals surface area contributed by atoms with Gasteiger partial charge in [0.1, 0.15) is 12.1 Å². The number of aryl methyl sites for hydroxylation is 1. The molecule has 0 unspecified atom stereocenters. The molecule has 1 N–H and O–H groups in total. The molecule has 1 heterocycles. The molecule has 0 aliphatic heterocycles. The van der Waals surface area contributed by atoms with Gasteiger partial charge in [-0.25, -0.2) is 9.97 Å². The van der Waals surface area contributed by atoms with E-state index in [2.05, 4.69) is 22.2 Å². The molecule has 0 radical (unpaired) electrons. The molecule has 0 atom stereocenters. The van der Waals surface area contributed by atoms with Crippen molar-refractivity contribution >= 4 is 5.69 Å². The first-order chi connectivity index (χ1) is 8.81. The average molecular weight is 243 g/mol. The van der Waals surface area contributed by atoms with Crippen LogP contribution in [0.25, 0.3) is 0 Å². The summed E-state index contributed by atoms with van der Waals surface area (Å²) in [6.07, 6.45) is 3.55. The summed E-state index contributed by atoms with van der Waals surface area (Å²) in [6.45, 7) is 2.12. The lowest BCUT2D eigenvalue weighted by Gasteiger charge is -2.06. The predicted molar refractivity (Wildman–Crippen MR) is 72.1 cm³/mol. The van der Waals surface area contributed by atoms with Crippen LogP contribution in [0.1, 0.15) is 19.0 Å². The molecule has 18 heavy (non-hydrogen) atoms. The molecule has 0 saturated heterocycles. The minimum atomic E-state index is 0.589. The highest BCUT2D eigenvalue weighted by molar-refractivity contribution is 5.46. The number of hydrogen-bond acceptors (Lipinski definition) is 4. The molecule has 1 aromatic heterocycles. The van der Waals surface area contributed by atoms with Gasteiger partial charge in [-0.3, -0.25) is 0 Å². The molecule has 2 rings (SSSR count). The second-order valence-corrected chi connectivity index (χ2v) is 3.97. The van der Waals surface area contributed by atoms with Crippen molar-refractivity contribution in [1.29, 1.82) is 0 Å². The van der Waals surface area contributed by atoms with E-state index in [9.17, 15) is 0 Å². The summed E-state index contributed by atoms with van der Waals surface area (Å²) in [4.78, 5) is 8.31. The van der Waals surface area contributed by atoms with Gasteiger partial charge >= 0.3 is 0 Å². The standard InChI is InChI=1S/C14H17N3O/c1-3-4-12-9-14(17-10-16-12)18-13-7-5-11(15-2)6-8-13/h5-10,15H,3-4H2,1-2H3. The quantitative estimate of drug-likeness (QED) is 0.875. The molecule has 4 heteroatoms. The van der Waals surface area contributed by atoms with Gasteiger partial charge in [-0.05, 0) is 30.7 Å². The Morgan fingerprint density at radius 3 is 2.61 bits per heavy atom. The van der Waals surface area contributed by atoms with E-state index in [-0.39, 0.29) is 0 Å². The molecule has 0 spiro atoms. The number of anilines is 1. The number of nitrogens with zero attached hydrogens (tertiary/aromatic N) is 2. The number of rotatable bonds is 5. The molecule has 0 amide bonds. The summed E-state index contributed by atoms with van der Waals surface area (Å²) >= 11 is 0. The van der Waals surface area contributed by atoms with Crippen LogP contribution < -0.4 is 10.1 Å². The lowest BCUT2D eigenvalue weighted by atomic mass is 10.2. The maximum absolute atomic E-state index is 5.69. The van der Waals surface area contributed by atoms with Crippen molar-refractivity contribution in [3.05, 3.63) is 42.4 Å². The molecule has 0 bridgehead atoms. The number of nitrogens with one attached hydrogen (secondary N) is 1. The third kappa shape index (κ3) is 3.20. The Bertz CT molecular complexity index is 497. The number of hydrogen-bond donors (Lipinski definition) is 1. The number of benzene rings is 1. The van der Waals surface area contributed by atoms with Crippen LogP contribution in [0, 0.1) is 0 Å². The molecule has 0 aliphatic carbocycles. The normalized spacial score (nSPS) is 10.1. The highest BCUT2D eigenvalue weighted by Gasteiger charge is 2.01. The van der Waals surface area contributed by atoms with E-state index in [0.717, 1.165) is 30.0 Å². The predicted octanol–water partition coefficient (Wildman–Crippen LogP) is 3.26. The van der Waals surface area contributed by atoms with Crippen LogP contribution in [0.4, 0.5) is 5.69 Å². The first-order valence-electron chi connectivity index (χ1n) is 6.08. The zero-order chi connectivity index (χ0) is 12.8. The van der Waals surface area contributed by atoms with Crippen LogP contribution in [0.2, 0.25) is 0 Å². The van der Waals surface area contributed by atoms with Crippen molar-refractivity contribution in [2.45, 2.75) is 19.8 Å². The average Bonchev–Trinajstić information content (AvgIpc) is 2.40. The fourth-order valence-corrected chi connectivity index (χ4v) is 1.64. The summed E-state index contributed by atoms with van der Waals surface area (Å²) < 4.78 is 5.69. The summed E-state index contributed by atoms with van der Waals surface area (Å²) in [5, 5.41) is 3.06. The van der Waals surface area contributed by atoms with Gasteiger partial charge in [-0.1, -0.05) is 13.3 Å². The Hall–Kier alpha value is -2.10. The van der Waals surface area contributed by atoms with Gasteiger partial charge in [-0.15, -0.1) is 0 Å². The number of aromatic nitrogens is 2. The van der Waals surface area contributed by atoms with Crippen molar-refractivity contribution in [2.75, 3.05) is 12.4 Å². The molecule has 0 fully saturated rings. The molecule has 2 aromatic rings. The van der Waals surface area contributed by atoms with Crippen LogP contribution in [-0.4, -0.2) is 17.0 Å². The van der Waals surface area contributed by atoms with Gasteiger partial charge in [0.05, 0.1) is 0 Å². The SMILES string of the molecule is CCCc1cc(Oc2ccc(NC)cc2)ncn1. The Morgan fingerprint density at radius 2 is 1.94 bits per heavy atom. The monoisotopic (exact) mass is 243 g/mol. The van der Waals surface area contributed by atoms with Gasteiger partial charge in [-0.2, -0.15) is 0 Å². The van der Waals surface area contributed by atoms with Crippen molar-refractivity contribution < 1.29 is 4.74 Å². The lowest BCUT2D eigenvalue weighted by molar-refractivity contribution is 0.460. The zero-order valence-electron chi connectivity index (χ0n) is 10.7. The van der Waals surface area contributed by atoms with Gasteiger partial charge in [0, 0.05) is 24.5 Å². The van der Waals surface area contributed by atoms with Crippen LogP contribution in [0.3, 0.4) is 0 Å². The van der Waals surface area contributed by atoms with Crippen LogP contribution in [0.5, 0.6) is 11.6 Å². The second-order valence-electron chi connectivity index (χ2n) is 3.97. The van der Waals surface area contributed by atoms with Crippen LogP contribution >= 0.6 is 0 Å². The summed E-state index contributed by atoms with van der Waals surface area (Å²) in [5.41, 5.74) is 2.06. The molecular formula is C14H17N3O. The third-order valence-electron chi connectivity index (χ3n) is 2.57. The maximum atomic E-state index is 5.69. The van der Waals surface area contributed by atoms with E-state index in [0.29, 0.717) is 5.88 Å². The Labute approximate surface area is 107 Å². The molecular weight excluding hydrogens is 226 g/mol. The lowest BCUT2D eigenvalue weighted by Crippen LogP contribution is -1.94. The van der Waals surface area contributed by atoms with Gasteiger partial charge in [0.25, 0.3) is 0 Å². The largest absolute Gasteiger partial charge is 0.439 e. The maximum Gasteiger partial charge on any atom is 0.222 e. The smallest absolute Gasteiger partial charge is 0.222 e. The second kappa shape index (κ2) is 6.00. The third-order valence-corrected chi connectivity index (χ3v) is 2.57. The minimum absolute atomic E-state index is 0.589. The molecule has 0 aliphatic rings. The summed E-state index contributed by atoms with van der Waals surface area (Å²) in [6, 6.07) is 9.63.